The zero-order valence-corrected chi connectivity index (χ0v) is 21.7. The summed E-state index contributed by atoms with van der Waals surface area (Å²) in [5, 5.41) is 3.08. The minimum absolute atomic E-state index is 0.0112. The lowest BCUT2D eigenvalue weighted by atomic mass is 9.71. The fourth-order valence-electron chi connectivity index (χ4n) is 6.73. The van der Waals surface area contributed by atoms with Crippen LogP contribution in [0.1, 0.15) is 84.1 Å². The van der Waals surface area contributed by atoms with Gasteiger partial charge in [-0.05, 0) is 86.7 Å². The second-order valence-electron chi connectivity index (χ2n) is 12.3. The van der Waals surface area contributed by atoms with Crippen LogP contribution in [0.2, 0.25) is 0 Å². The summed E-state index contributed by atoms with van der Waals surface area (Å²) in [5.41, 5.74) is 6.73. The van der Waals surface area contributed by atoms with Crippen molar-refractivity contribution >= 4 is 11.8 Å². The molecular weight excluding hydrogens is 467 g/mol. The average molecular weight is 508 g/mol. The summed E-state index contributed by atoms with van der Waals surface area (Å²) >= 11 is 0. The Hall–Kier alpha value is -2.09. The van der Waals surface area contributed by atoms with Gasteiger partial charge in [0, 0.05) is 30.2 Å². The molecule has 3 unspecified atom stereocenters. The number of nitrogens with two attached hydrogens (primary N) is 1. The van der Waals surface area contributed by atoms with Crippen LogP contribution in [0.3, 0.4) is 0 Å². The standard InChI is InChI=1S/C28H40F3N3O2/c1-28(2,3)18-4-6-19(7-5-18)33-26(35)15-27(36)34-20-8-9-21(34)11-17(10-20)25(32)13-16-12-23(30)24(31)14-22(16)29/h12,14,17-21,25H,4-11,13,15,32H2,1-3H3,(H,33,35). The summed E-state index contributed by atoms with van der Waals surface area (Å²) in [6.45, 7) is 6.79. The Bertz CT molecular complexity index is 958. The summed E-state index contributed by atoms with van der Waals surface area (Å²) in [4.78, 5) is 27.6. The summed E-state index contributed by atoms with van der Waals surface area (Å²) < 4.78 is 40.9. The Balaban J connectivity index is 1.27. The third-order valence-corrected chi connectivity index (χ3v) is 8.84. The minimum Gasteiger partial charge on any atom is -0.353 e. The van der Waals surface area contributed by atoms with E-state index in [2.05, 4.69) is 26.1 Å². The SMILES string of the molecule is CC(C)(C)C1CCC(NC(=O)CC(=O)N2C3CCC2CC(C(N)Cc2cc(F)c(F)cc2F)C3)CC1. The normalized spacial score (nSPS) is 29.2. The lowest BCUT2D eigenvalue weighted by molar-refractivity contribution is -0.140. The molecule has 1 aromatic rings. The molecule has 0 radical (unpaired) electrons. The van der Waals surface area contributed by atoms with Gasteiger partial charge in [0.1, 0.15) is 12.2 Å². The molecular formula is C28H40F3N3O2. The van der Waals surface area contributed by atoms with Gasteiger partial charge in [-0.2, -0.15) is 0 Å². The number of amides is 2. The Morgan fingerprint density at radius 1 is 0.972 bits per heavy atom. The van der Waals surface area contributed by atoms with Gasteiger partial charge in [-0.3, -0.25) is 9.59 Å². The maximum absolute atomic E-state index is 14.1. The molecule has 3 N–H and O–H groups in total. The van der Waals surface area contributed by atoms with Gasteiger partial charge in [0.15, 0.2) is 11.6 Å². The van der Waals surface area contributed by atoms with Gasteiger partial charge in [-0.15, -0.1) is 0 Å². The molecule has 36 heavy (non-hydrogen) atoms. The molecule has 2 bridgehead atoms. The first kappa shape index (κ1) is 27.0. The molecule has 3 fully saturated rings. The number of carbonyl (C=O) groups is 2. The molecule has 5 nitrogen and oxygen atoms in total. The van der Waals surface area contributed by atoms with Crippen molar-refractivity contribution in [1.29, 1.82) is 0 Å². The van der Waals surface area contributed by atoms with E-state index in [9.17, 15) is 22.8 Å². The molecule has 3 aliphatic rings. The van der Waals surface area contributed by atoms with Gasteiger partial charge in [0.25, 0.3) is 0 Å². The Morgan fingerprint density at radius 2 is 1.56 bits per heavy atom. The van der Waals surface area contributed by atoms with Crippen LogP contribution >= 0.6 is 0 Å². The molecule has 1 aliphatic carbocycles. The van der Waals surface area contributed by atoms with Gasteiger partial charge in [-0.1, -0.05) is 20.8 Å². The molecule has 0 aromatic heterocycles. The minimum atomic E-state index is -1.21. The van der Waals surface area contributed by atoms with E-state index in [4.69, 9.17) is 5.73 Å². The van der Waals surface area contributed by atoms with Gasteiger partial charge >= 0.3 is 0 Å². The highest BCUT2D eigenvalue weighted by Gasteiger charge is 2.45. The molecule has 4 rings (SSSR count). The van der Waals surface area contributed by atoms with E-state index < -0.39 is 23.5 Å². The van der Waals surface area contributed by atoms with Crippen molar-refractivity contribution in [2.24, 2.45) is 23.0 Å². The molecule has 0 spiro atoms. The third-order valence-electron chi connectivity index (χ3n) is 8.84. The predicted octanol–water partition coefficient (Wildman–Crippen LogP) is 4.85. The van der Waals surface area contributed by atoms with Crippen molar-refractivity contribution < 1.29 is 22.8 Å². The Morgan fingerprint density at radius 3 is 2.14 bits per heavy atom. The van der Waals surface area contributed by atoms with Gasteiger partial charge in [0.05, 0.1) is 0 Å². The zero-order valence-electron chi connectivity index (χ0n) is 21.7. The molecule has 1 aromatic carbocycles. The van der Waals surface area contributed by atoms with E-state index in [0.29, 0.717) is 24.8 Å². The number of benzene rings is 1. The van der Waals surface area contributed by atoms with E-state index in [0.717, 1.165) is 44.6 Å². The quantitative estimate of drug-likeness (QED) is 0.427. The first-order valence-electron chi connectivity index (χ1n) is 13.4. The second kappa shape index (κ2) is 10.7. The van der Waals surface area contributed by atoms with Crippen LogP contribution in [0.15, 0.2) is 12.1 Å². The van der Waals surface area contributed by atoms with Crippen LogP contribution in [-0.2, 0) is 16.0 Å². The third kappa shape index (κ3) is 6.06. The number of rotatable bonds is 6. The highest BCUT2D eigenvalue weighted by atomic mass is 19.2. The van der Waals surface area contributed by atoms with Crippen molar-refractivity contribution in [2.45, 2.75) is 109 Å². The van der Waals surface area contributed by atoms with Crippen LogP contribution in [0, 0.1) is 34.7 Å². The fourth-order valence-corrected chi connectivity index (χ4v) is 6.73. The number of hydrogen-bond donors (Lipinski definition) is 2. The Kier molecular flexibility index (Phi) is 8.03. The highest BCUT2D eigenvalue weighted by Crippen LogP contribution is 2.41. The fraction of sp³-hybridized carbons (Fsp3) is 0.714. The van der Waals surface area contributed by atoms with Crippen molar-refractivity contribution in [1.82, 2.24) is 10.2 Å². The second-order valence-corrected chi connectivity index (χ2v) is 12.3. The molecule has 3 atom stereocenters. The summed E-state index contributed by atoms with van der Waals surface area (Å²) in [6.07, 6.45) is 7.13. The summed E-state index contributed by atoms with van der Waals surface area (Å²) in [7, 11) is 0. The lowest BCUT2D eigenvalue weighted by Gasteiger charge is -2.41. The van der Waals surface area contributed by atoms with Crippen LogP contribution in [0.4, 0.5) is 13.2 Å². The van der Waals surface area contributed by atoms with Crippen molar-refractivity contribution in [3.05, 3.63) is 35.1 Å². The van der Waals surface area contributed by atoms with E-state index in [-0.39, 0.29) is 59.7 Å². The number of hydrogen-bond acceptors (Lipinski definition) is 3. The van der Waals surface area contributed by atoms with Crippen molar-refractivity contribution in [3.63, 3.8) is 0 Å². The van der Waals surface area contributed by atoms with Gasteiger partial charge in [0.2, 0.25) is 11.8 Å². The molecule has 1 saturated carbocycles. The largest absolute Gasteiger partial charge is 0.353 e. The van der Waals surface area contributed by atoms with Crippen LogP contribution in [0.5, 0.6) is 0 Å². The Labute approximate surface area is 212 Å². The first-order valence-corrected chi connectivity index (χ1v) is 13.4. The molecule has 8 heteroatoms. The lowest BCUT2D eigenvalue weighted by Crippen LogP contribution is -2.51. The maximum Gasteiger partial charge on any atom is 0.232 e. The van der Waals surface area contributed by atoms with Crippen molar-refractivity contribution in [3.8, 4) is 0 Å². The molecule has 2 amide bonds. The van der Waals surface area contributed by atoms with Gasteiger partial charge in [-0.25, -0.2) is 13.2 Å². The molecule has 2 aliphatic heterocycles. The van der Waals surface area contributed by atoms with E-state index in [1.807, 2.05) is 4.90 Å². The summed E-state index contributed by atoms with van der Waals surface area (Å²) in [5.74, 6) is -2.72. The molecule has 200 valence electrons. The predicted molar refractivity (Wildman–Crippen MR) is 132 cm³/mol. The number of nitrogens with one attached hydrogen (secondary N) is 1. The van der Waals surface area contributed by atoms with Crippen LogP contribution in [-0.4, -0.2) is 40.9 Å². The highest BCUT2D eigenvalue weighted by molar-refractivity contribution is 5.97. The first-order chi connectivity index (χ1) is 16.9. The molecule has 2 heterocycles. The number of fused-ring (bicyclic) bond motifs is 2. The number of halogens is 3. The number of piperidine rings is 1. The monoisotopic (exact) mass is 507 g/mol. The summed E-state index contributed by atoms with van der Waals surface area (Å²) in [6, 6.07) is 1.18. The van der Waals surface area contributed by atoms with Gasteiger partial charge < -0.3 is 16.0 Å². The van der Waals surface area contributed by atoms with E-state index in [1.165, 1.54) is 0 Å². The van der Waals surface area contributed by atoms with E-state index in [1.54, 1.807) is 0 Å². The molecule has 2 saturated heterocycles. The smallest absolute Gasteiger partial charge is 0.232 e. The van der Waals surface area contributed by atoms with E-state index >= 15 is 0 Å². The topological polar surface area (TPSA) is 75.4 Å². The van der Waals surface area contributed by atoms with Crippen molar-refractivity contribution in [2.75, 3.05) is 0 Å². The number of carbonyl (C=O) groups excluding carboxylic acids is 2. The zero-order chi connectivity index (χ0) is 26.2. The maximum atomic E-state index is 14.1. The average Bonchev–Trinajstić information content (AvgIpc) is 3.06. The van der Waals surface area contributed by atoms with Crippen LogP contribution < -0.4 is 11.1 Å². The number of nitrogens with zero attached hydrogens (tertiary/aromatic N) is 1. The van der Waals surface area contributed by atoms with Crippen LogP contribution in [0.25, 0.3) is 0 Å².